The van der Waals surface area contributed by atoms with Crippen molar-refractivity contribution < 1.29 is 18.8 Å². The van der Waals surface area contributed by atoms with Gasteiger partial charge in [0.05, 0.1) is 24.0 Å². The molecule has 3 heterocycles. The van der Waals surface area contributed by atoms with Crippen LogP contribution in [0.4, 0.5) is 0 Å². The van der Waals surface area contributed by atoms with E-state index in [0.29, 0.717) is 6.61 Å². The second-order valence-electron chi connectivity index (χ2n) is 7.54. The monoisotopic (exact) mass is 351 g/mol. The van der Waals surface area contributed by atoms with Gasteiger partial charge in [0.1, 0.15) is 12.4 Å². The average Bonchev–Trinajstić information content (AvgIpc) is 3.10. The van der Waals surface area contributed by atoms with E-state index >= 15 is 0 Å². The summed E-state index contributed by atoms with van der Waals surface area (Å²) in [6.07, 6.45) is 3.01. The summed E-state index contributed by atoms with van der Waals surface area (Å²) in [6, 6.07) is 0. The number of ether oxygens (including phenoxy) is 2. The van der Waals surface area contributed by atoms with E-state index in [1.165, 1.54) is 5.56 Å². The largest absolute Gasteiger partial charge is 0.371 e. The van der Waals surface area contributed by atoms with Gasteiger partial charge in [-0.1, -0.05) is 5.16 Å². The van der Waals surface area contributed by atoms with Crippen molar-refractivity contribution in [3.8, 4) is 0 Å². The third kappa shape index (κ3) is 4.22. The molecule has 2 aliphatic heterocycles. The van der Waals surface area contributed by atoms with Crippen molar-refractivity contribution in [2.24, 2.45) is 0 Å². The molecular weight excluding hydrogens is 322 g/mol. The molecule has 0 aliphatic carbocycles. The van der Waals surface area contributed by atoms with Crippen LogP contribution in [0, 0.1) is 13.8 Å². The number of amides is 1. The summed E-state index contributed by atoms with van der Waals surface area (Å²) in [7, 11) is 3.48. The lowest BCUT2D eigenvalue weighted by Gasteiger charge is -2.39. The van der Waals surface area contributed by atoms with Crippen molar-refractivity contribution in [3.05, 3.63) is 17.0 Å². The molecule has 0 saturated carbocycles. The summed E-state index contributed by atoms with van der Waals surface area (Å²) in [6.45, 7) is 7.44. The maximum Gasteiger partial charge on any atom is 0.248 e. The zero-order valence-corrected chi connectivity index (χ0v) is 15.7. The van der Waals surface area contributed by atoms with Gasteiger partial charge in [-0.15, -0.1) is 0 Å². The number of hydrogen-bond donors (Lipinski definition) is 0. The molecule has 1 aromatic rings. The van der Waals surface area contributed by atoms with E-state index in [9.17, 15) is 4.79 Å². The number of likely N-dealkylation sites (tertiary alicyclic amines) is 1. The Morgan fingerprint density at radius 1 is 1.44 bits per heavy atom. The Balaban J connectivity index is 1.55. The van der Waals surface area contributed by atoms with Crippen LogP contribution < -0.4 is 0 Å². The summed E-state index contributed by atoms with van der Waals surface area (Å²) in [5, 5.41) is 4.05. The molecule has 0 N–H and O–H groups in total. The minimum Gasteiger partial charge on any atom is -0.371 e. The van der Waals surface area contributed by atoms with Crippen LogP contribution in [0.5, 0.6) is 0 Å². The molecule has 1 amide bonds. The molecule has 2 saturated heterocycles. The molecular formula is C18H29N3O4. The Kier molecular flexibility index (Phi) is 5.46. The van der Waals surface area contributed by atoms with E-state index in [1.54, 1.807) is 19.0 Å². The lowest BCUT2D eigenvalue weighted by molar-refractivity contribution is -0.135. The van der Waals surface area contributed by atoms with Gasteiger partial charge in [-0.3, -0.25) is 9.69 Å². The van der Waals surface area contributed by atoms with Crippen LogP contribution in [-0.2, 0) is 20.8 Å². The van der Waals surface area contributed by atoms with Gasteiger partial charge in [0.15, 0.2) is 0 Å². The second-order valence-corrected chi connectivity index (χ2v) is 7.54. The molecule has 2 fully saturated rings. The van der Waals surface area contributed by atoms with Gasteiger partial charge >= 0.3 is 0 Å². The number of piperidine rings is 1. The van der Waals surface area contributed by atoms with Gasteiger partial charge in [-0.05, 0) is 33.2 Å². The highest BCUT2D eigenvalue weighted by Crippen LogP contribution is 2.36. The highest BCUT2D eigenvalue weighted by molar-refractivity contribution is 5.76. The molecule has 140 valence electrons. The first-order chi connectivity index (χ1) is 11.9. The summed E-state index contributed by atoms with van der Waals surface area (Å²) < 4.78 is 17.2. The number of rotatable bonds is 5. The van der Waals surface area contributed by atoms with Crippen LogP contribution in [0.25, 0.3) is 0 Å². The fraction of sp³-hybridized carbons (Fsp3) is 0.778. The van der Waals surface area contributed by atoms with Crippen molar-refractivity contribution in [1.29, 1.82) is 0 Å². The predicted octanol–water partition coefficient (Wildman–Crippen LogP) is 1.52. The summed E-state index contributed by atoms with van der Waals surface area (Å²) in [5.74, 6) is 0.887. The number of likely N-dealkylation sites (N-methyl/N-ethyl adjacent to an activating group) is 1. The molecule has 0 radical (unpaired) electrons. The normalized spacial score (nSPS) is 27.1. The molecule has 1 aromatic heterocycles. The topological polar surface area (TPSA) is 68.0 Å². The molecule has 25 heavy (non-hydrogen) atoms. The zero-order valence-electron chi connectivity index (χ0n) is 15.7. The molecule has 0 aromatic carbocycles. The van der Waals surface area contributed by atoms with Crippen LogP contribution in [-0.4, -0.2) is 73.0 Å². The molecule has 7 nitrogen and oxygen atoms in total. The molecule has 7 heteroatoms. The van der Waals surface area contributed by atoms with Gasteiger partial charge in [-0.2, -0.15) is 0 Å². The van der Waals surface area contributed by atoms with Crippen molar-refractivity contribution in [2.75, 3.05) is 40.4 Å². The Labute approximate surface area is 149 Å². The van der Waals surface area contributed by atoms with Gasteiger partial charge in [0.25, 0.3) is 0 Å². The van der Waals surface area contributed by atoms with E-state index in [0.717, 1.165) is 50.4 Å². The number of aryl methyl sites for hydroxylation is 2. The Hall–Kier alpha value is -1.44. The van der Waals surface area contributed by atoms with Gasteiger partial charge < -0.3 is 18.9 Å². The van der Waals surface area contributed by atoms with E-state index in [1.807, 2.05) is 13.8 Å². The molecule has 0 unspecified atom stereocenters. The standard InChI is InChI=1S/C18H29N3O4/c1-13-16(14(2)25-19-13)9-21-7-5-6-18(12-21)8-15(10-24-18)23-11-17(22)20(3)4/h15H,5-12H2,1-4H3/t15-,18-/m0/s1. The third-order valence-corrected chi connectivity index (χ3v) is 5.30. The van der Waals surface area contributed by atoms with Crippen LogP contribution in [0.1, 0.15) is 36.3 Å². The van der Waals surface area contributed by atoms with Gasteiger partial charge in [-0.25, -0.2) is 0 Å². The summed E-state index contributed by atoms with van der Waals surface area (Å²) >= 11 is 0. The van der Waals surface area contributed by atoms with E-state index in [2.05, 4.69) is 10.1 Å². The second kappa shape index (κ2) is 7.43. The fourth-order valence-corrected chi connectivity index (χ4v) is 3.79. The van der Waals surface area contributed by atoms with Crippen LogP contribution >= 0.6 is 0 Å². The molecule has 2 aliphatic rings. The van der Waals surface area contributed by atoms with Crippen LogP contribution in [0.15, 0.2) is 4.52 Å². The predicted molar refractivity (Wildman–Crippen MR) is 92.2 cm³/mol. The Morgan fingerprint density at radius 2 is 2.24 bits per heavy atom. The Bertz CT molecular complexity index is 596. The summed E-state index contributed by atoms with van der Waals surface area (Å²) in [4.78, 5) is 15.7. The van der Waals surface area contributed by atoms with E-state index in [-0.39, 0.29) is 24.2 Å². The van der Waals surface area contributed by atoms with Crippen molar-refractivity contribution >= 4 is 5.91 Å². The minimum atomic E-state index is -0.150. The molecule has 2 atom stereocenters. The van der Waals surface area contributed by atoms with Crippen molar-refractivity contribution in [3.63, 3.8) is 0 Å². The van der Waals surface area contributed by atoms with Crippen LogP contribution in [0.2, 0.25) is 0 Å². The summed E-state index contributed by atoms with van der Waals surface area (Å²) in [5.41, 5.74) is 2.00. The van der Waals surface area contributed by atoms with Crippen molar-refractivity contribution in [2.45, 2.75) is 51.4 Å². The first kappa shape index (κ1) is 18.4. The average molecular weight is 351 g/mol. The SMILES string of the molecule is Cc1noc(C)c1CN1CCC[C@]2(C[C@H](OCC(=O)N(C)C)CO2)C1. The van der Waals surface area contributed by atoms with E-state index in [4.69, 9.17) is 14.0 Å². The number of aromatic nitrogens is 1. The molecule has 0 bridgehead atoms. The van der Waals surface area contributed by atoms with Gasteiger partial charge in [0.2, 0.25) is 5.91 Å². The fourth-order valence-electron chi connectivity index (χ4n) is 3.79. The maximum atomic E-state index is 11.7. The van der Waals surface area contributed by atoms with Crippen molar-refractivity contribution in [1.82, 2.24) is 15.0 Å². The number of carbonyl (C=O) groups excluding carboxylic acids is 1. The van der Waals surface area contributed by atoms with Crippen LogP contribution in [0.3, 0.4) is 0 Å². The third-order valence-electron chi connectivity index (χ3n) is 5.30. The number of hydrogen-bond acceptors (Lipinski definition) is 6. The lowest BCUT2D eigenvalue weighted by atomic mass is 9.89. The first-order valence-electron chi connectivity index (χ1n) is 8.98. The smallest absolute Gasteiger partial charge is 0.248 e. The molecule has 3 rings (SSSR count). The number of nitrogens with zero attached hydrogens (tertiary/aromatic N) is 3. The van der Waals surface area contributed by atoms with E-state index < -0.39 is 0 Å². The molecule has 1 spiro atoms. The first-order valence-corrected chi connectivity index (χ1v) is 8.98. The van der Waals surface area contributed by atoms with Gasteiger partial charge in [0, 0.05) is 39.2 Å². The zero-order chi connectivity index (χ0) is 18.0. The minimum absolute atomic E-state index is 0.00270. The highest BCUT2D eigenvalue weighted by Gasteiger charge is 2.44. The quantitative estimate of drug-likeness (QED) is 0.801. The maximum absolute atomic E-state index is 11.7. The number of carbonyl (C=O) groups is 1. The Morgan fingerprint density at radius 3 is 2.92 bits per heavy atom. The lowest BCUT2D eigenvalue weighted by Crippen LogP contribution is -2.47. The highest BCUT2D eigenvalue weighted by atomic mass is 16.6.